The molecule has 5 heteroatoms. The predicted molar refractivity (Wildman–Crippen MR) is 117 cm³/mol. The van der Waals surface area contributed by atoms with E-state index in [1.807, 2.05) is 42.5 Å². The van der Waals surface area contributed by atoms with Crippen LogP contribution >= 0.6 is 11.3 Å². The van der Waals surface area contributed by atoms with Crippen LogP contribution in [0.5, 0.6) is 11.6 Å². The Bertz CT molecular complexity index is 1170. The van der Waals surface area contributed by atoms with E-state index in [4.69, 9.17) is 9.47 Å². The monoisotopic (exact) mass is 403 g/mol. The number of rotatable bonds is 5. The Balaban J connectivity index is 1.75. The molecule has 1 unspecified atom stereocenters. The van der Waals surface area contributed by atoms with Crippen molar-refractivity contribution in [3.8, 4) is 22.2 Å². The first kappa shape index (κ1) is 19.2. The Morgan fingerprint density at radius 2 is 1.72 bits per heavy atom. The minimum atomic E-state index is -0.367. The second kappa shape index (κ2) is 8.05. The van der Waals surface area contributed by atoms with Crippen LogP contribution in [0.3, 0.4) is 0 Å². The molecule has 0 saturated heterocycles. The Hall–Kier alpha value is -3.18. The number of hydrogen-bond acceptors (Lipinski definition) is 5. The number of methoxy groups -OCH3 is 1. The van der Waals surface area contributed by atoms with Crippen molar-refractivity contribution in [3.05, 3.63) is 77.2 Å². The van der Waals surface area contributed by atoms with Crippen LogP contribution in [-0.4, -0.2) is 18.1 Å². The van der Waals surface area contributed by atoms with Crippen LogP contribution in [0, 0.1) is 0 Å². The zero-order valence-corrected chi connectivity index (χ0v) is 17.3. The average Bonchev–Trinajstić information content (AvgIpc) is 3.16. The molecule has 4 nitrogen and oxygen atoms in total. The van der Waals surface area contributed by atoms with Crippen molar-refractivity contribution in [1.82, 2.24) is 4.98 Å². The molecule has 0 spiro atoms. The number of aromatic nitrogens is 1. The Kier molecular flexibility index (Phi) is 5.32. The molecule has 146 valence electrons. The van der Waals surface area contributed by atoms with Gasteiger partial charge in [-0.25, -0.2) is 4.98 Å². The van der Waals surface area contributed by atoms with Gasteiger partial charge in [-0.05, 0) is 28.5 Å². The van der Waals surface area contributed by atoms with Gasteiger partial charge in [0.25, 0.3) is 0 Å². The number of ether oxygens (including phenoxy) is 2. The van der Waals surface area contributed by atoms with E-state index in [2.05, 4.69) is 36.2 Å². The molecule has 3 aromatic carbocycles. The molecular weight excluding hydrogens is 382 g/mol. The average molecular weight is 404 g/mol. The molecule has 0 amide bonds. The molecule has 0 N–H and O–H groups in total. The number of nitrogens with zero attached hydrogens (tertiary/aromatic N) is 1. The smallest absolute Gasteiger partial charge is 0.309 e. The molecule has 0 aliphatic heterocycles. The second-order valence-corrected chi connectivity index (χ2v) is 7.87. The van der Waals surface area contributed by atoms with Crippen molar-refractivity contribution in [2.75, 3.05) is 7.11 Å². The highest BCUT2D eigenvalue weighted by atomic mass is 32.1. The number of benzene rings is 3. The summed E-state index contributed by atoms with van der Waals surface area (Å²) in [4.78, 5) is 17.2. The summed E-state index contributed by atoms with van der Waals surface area (Å²) in [6, 6.07) is 22.3. The highest BCUT2D eigenvalue weighted by Gasteiger charge is 2.22. The van der Waals surface area contributed by atoms with Gasteiger partial charge in [0.15, 0.2) is 0 Å². The molecule has 0 radical (unpaired) electrons. The van der Waals surface area contributed by atoms with Crippen molar-refractivity contribution in [1.29, 1.82) is 0 Å². The summed E-state index contributed by atoms with van der Waals surface area (Å²) >= 11 is 1.56. The maximum Gasteiger partial charge on any atom is 0.309 e. The summed E-state index contributed by atoms with van der Waals surface area (Å²) in [7, 11) is 1.67. The van der Waals surface area contributed by atoms with Crippen LogP contribution in [0.25, 0.3) is 21.3 Å². The first-order valence-corrected chi connectivity index (χ1v) is 10.2. The van der Waals surface area contributed by atoms with Crippen LogP contribution in [0.4, 0.5) is 0 Å². The van der Waals surface area contributed by atoms with Crippen LogP contribution in [0.1, 0.15) is 30.2 Å². The van der Waals surface area contributed by atoms with Crippen molar-refractivity contribution in [2.45, 2.75) is 19.8 Å². The van der Waals surface area contributed by atoms with E-state index >= 15 is 0 Å². The third-order valence-corrected chi connectivity index (χ3v) is 6.11. The molecule has 0 bridgehead atoms. The summed E-state index contributed by atoms with van der Waals surface area (Å²) < 4.78 is 10.8. The van der Waals surface area contributed by atoms with Crippen LogP contribution in [0.2, 0.25) is 0 Å². The fourth-order valence-corrected chi connectivity index (χ4v) is 4.37. The lowest BCUT2D eigenvalue weighted by Crippen LogP contribution is -2.05. The highest BCUT2D eigenvalue weighted by Crippen LogP contribution is 2.40. The largest absolute Gasteiger partial charge is 0.497 e. The topological polar surface area (TPSA) is 48.4 Å². The quantitative estimate of drug-likeness (QED) is 0.381. The fourth-order valence-electron chi connectivity index (χ4n) is 3.30. The van der Waals surface area contributed by atoms with Crippen molar-refractivity contribution >= 4 is 28.1 Å². The summed E-state index contributed by atoms with van der Waals surface area (Å²) in [5, 5.41) is 3.10. The Morgan fingerprint density at radius 3 is 2.45 bits per heavy atom. The van der Waals surface area contributed by atoms with Gasteiger partial charge in [-0.15, -0.1) is 11.3 Å². The van der Waals surface area contributed by atoms with E-state index in [1.54, 1.807) is 18.4 Å². The van der Waals surface area contributed by atoms with Gasteiger partial charge in [0.2, 0.25) is 5.88 Å². The van der Waals surface area contributed by atoms with E-state index < -0.39 is 0 Å². The Labute approximate surface area is 173 Å². The van der Waals surface area contributed by atoms with Crippen molar-refractivity contribution in [2.24, 2.45) is 0 Å². The van der Waals surface area contributed by atoms with E-state index in [9.17, 15) is 4.79 Å². The summed E-state index contributed by atoms with van der Waals surface area (Å²) in [6.07, 6.45) is 0. The SMILES string of the molecule is COc1ccc2cc(C(C)c3sc(-c4ccccc4)nc3OC(C)=O)ccc2c1. The van der Waals surface area contributed by atoms with Gasteiger partial charge in [0.05, 0.1) is 12.0 Å². The zero-order valence-electron chi connectivity index (χ0n) is 16.5. The standard InChI is InChI=1S/C24H21NO3S/c1-15(18-9-10-20-14-21(27-3)12-11-19(20)13-18)22-23(28-16(2)26)25-24(29-22)17-7-5-4-6-8-17/h4-15H,1-3H3. The molecule has 29 heavy (non-hydrogen) atoms. The summed E-state index contributed by atoms with van der Waals surface area (Å²) in [5.41, 5.74) is 2.15. The molecule has 4 rings (SSSR count). The van der Waals surface area contributed by atoms with Crippen molar-refractivity contribution in [3.63, 3.8) is 0 Å². The predicted octanol–water partition coefficient (Wildman–Crippen LogP) is 6.05. The van der Waals surface area contributed by atoms with Gasteiger partial charge in [0.1, 0.15) is 10.8 Å². The molecule has 0 fully saturated rings. The number of carbonyl (C=O) groups is 1. The molecule has 0 saturated carbocycles. The van der Waals surface area contributed by atoms with Gasteiger partial charge in [0, 0.05) is 18.4 Å². The number of fused-ring (bicyclic) bond motifs is 1. The van der Waals surface area contributed by atoms with E-state index in [-0.39, 0.29) is 11.9 Å². The van der Waals surface area contributed by atoms with Crippen LogP contribution < -0.4 is 9.47 Å². The van der Waals surface area contributed by atoms with E-state index in [0.717, 1.165) is 37.5 Å². The number of thiazole rings is 1. The molecule has 0 aliphatic rings. The third kappa shape index (κ3) is 4.00. The minimum Gasteiger partial charge on any atom is -0.497 e. The first-order chi connectivity index (χ1) is 14.0. The van der Waals surface area contributed by atoms with Gasteiger partial charge in [-0.3, -0.25) is 4.79 Å². The molecular formula is C24H21NO3S. The highest BCUT2D eigenvalue weighted by molar-refractivity contribution is 7.15. The van der Waals surface area contributed by atoms with E-state index in [1.165, 1.54) is 6.92 Å². The van der Waals surface area contributed by atoms with Crippen LogP contribution in [0.15, 0.2) is 66.7 Å². The maximum absolute atomic E-state index is 11.6. The number of hydrogen-bond donors (Lipinski definition) is 0. The third-order valence-electron chi connectivity index (χ3n) is 4.85. The van der Waals surface area contributed by atoms with E-state index in [0.29, 0.717) is 5.88 Å². The molecule has 1 heterocycles. The lowest BCUT2D eigenvalue weighted by Gasteiger charge is -2.13. The second-order valence-electron chi connectivity index (χ2n) is 6.84. The van der Waals surface area contributed by atoms with Gasteiger partial charge in [-0.2, -0.15) is 0 Å². The summed E-state index contributed by atoms with van der Waals surface area (Å²) in [5.74, 6) is 0.897. The fraction of sp³-hybridized carbons (Fsp3) is 0.167. The zero-order chi connectivity index (χ0) is 20.4. The molecule has 4 aromatic rings. The normalized spacial score (nSPS) is 12.0. The first-order valence-electron chi connectivity index (χ1n) is 9.37. The van der Waals surface area contributed by atoms with Gasteiger partial charge < -0.3 is 9.47 Å². The molecule has 1 aromatic heterocycles. The lowest BCUT2D eigenvalue weighted by molar-refractivity contribution is -0.132. The molecule has 1 atom stereocenters. The Morgan fingerprint density at radius 1 is 1.00 bits per heavy atom. The van der Waals surface area contributed by atoms with Crippen LogP contribution in [-0.2, 0) is 4.79 Å². The number of carbonyl (C=O) groups excluding carboxylic acids is 1. The van der Waals surface area contributed by atoms with Gasteiger partial charge >= 0.3 is 5.97 Å². The molecule has 0 aliphatic carbocycles. The lowest BCUT2D eigenvalue weighted by atomic mass is 9.96. The van der Waals surface area contributed by atoms with Crippen molar-refractivity contribution < 1.29 is 14.3 Å². The van der Waals surface area contributed by atoms with Gasteiger partial charge in [-0.1, -0.05) is 61.5 Å². The number of esters is 1. The summed E-state index contributed by atoms with van der Waals surface area (Å²) in [6.45, 7) is 3.51. The minimum absolute atomic E-state index is 0.0332. The maximum atomic E-state index is 11.6.